The highest BCUT2D eigenvalue weighted by Gasteiger charge is 2.70. The van der Waals surface area contributed by atoms with E-state index in [4.69, 9.17) is 23.2 Å². The molecule has 0 spiro atoms. The van der Waals surface area contributed by atoms with Crippen LogP contribution in [0, 0.1) is 0 Å². The minimum atomic E-state index is -5.34. The normalized spacial score (nSPS) is 19.3. The molecule has 0 saturated carbocycles. The third-order valence-electron chi connectivity index (χ3n) is 4.73. The van der Waals surface area contributed by atoms with Gasteiger partial charge >= 0.3 is 12.1 Å². The number of carbonyl (C=O) groups is 3. The maximum absolute atomic E-state index is 14.4. The summed E-state index contributed by atoms with van der Waals surface area (Å²) in [6, 6.07) is 3.55. The first-order chi connectivity index (χ1) is 13.9. The summed E-state index contributed by atoms with van der Waals surface area (Å²) >= 11 is 11.7. The predicted molar refractivity (Wildman–Crippen MR) is 104 cm³/mol. The van der Waals surface area contributed by atoms with E-state index in [1.807, 2.05) is 0 Å². The monoisotopic (exact) mass is 466 g/mol. The zero-order chi connectivity index (χ0) is 22.9. The van der Waals surface area contributed by atoms with Crippen LogP contribution in [0.15, 0.2) is 29.5 Å². The van der Waals surface area contributed by atoms with Crippen LogP contribution >= 0.6 is 23.2 Å². The van der Waals surface area contributed by atoms with E-state index in [0.717, 1.165) is 18.1 Å². The first-order valence-electron chi connectivity index (χ1n) is 8.88. The molecule has 1 heterocycles. The van der Waals surface area contributed by atoms with Crippen LogP contribution in [0.4, 0.5) is 13.2 Å². The molecule has 6 nitrogen and oxygen atoms in total. The lowest BCUT2D eigenvalue weighted by Gasteiger charge is -2.33. The van der Waals surface area contributed by atoms with Gasteiger partial charge in [-0.1, -0.05) is 36.5 Å². The van der Waals surface area contributed by atoms with E-state index in [1.165, 1.54) is 19.1 Å². The number of amides is 2. The highest BCUT2D eigenvalue weighted by molar-refractivity contribution is 6.36. The Kier molecular flexibility index (Phi) is 7.08. The molecule has 0 bridgehead atoms. The van der Waals surface area contributed by atoms with Crippen LogP contribution in [0.1, 0.15) is 37.0 Å². The van der Waals surface area contributed by atoms with E-state index < -0.39 is 35.1 Å². The van der Waals surface area contributed by atoms with Crippen molar-refractivity contribution in [2.75, 3.05) is 13.7 Å². The Hall–Kier alpha value is -2.26. The highest BCUT2D eigenvalue weighted by atomic mass is 35.5. The molecule has 1 atom stereocenters. The van der Waals surface area contributed by atoms with Crippen LogP contribution in [0.5, 0.6) is 0 Å². The molecule has 30 heavy (non-hydrogen) atoms. The van der Waals surface area contributed by atoms with Gasteiger partial charge in [-0.05, 0) is 31.5 Å². The lowest BCUT2D eigenvalue weighted by Crippen LogP contribution is -2.66. The standard InChI is InChI=1S/C19H19Cl2F3N2O4/c1-4-5-8-26-10(2)14(16(28)30-3)18(17(26)29,19(22,23)24)25-15(27)12-7-6-11(20)9-13(12)21/h6-7,9H,4-5,8H2,1-3H3,(H,25,27)/t18-/m1/s1. The van der Waals surface area contributed by atoms with Crippen molar-refractivity contribution in [2.45, 2.75) is 38.4 Å². The Morgan fingerprint density at radius 2 is 1.90 bits per heavy atom. The van der Waals surface area contributed by atoms with Crippen LogP contribution in [0.25, 0.3) is 0 Å². The fraction of sp³-hybridized carbons (Fsp3) is 0.421. The quantitative estimate of drug-likeness (QED) is 0.639. The second kappa shape index (κ2) is 8.85. The fourth-order valence-corrected chi connectivity index (χ4v) is 3.71. The molecule has 0 unspecified atom stereocenters. The molecule has 11 heteroatoms. The number of alkyl halides is 3. The van der Waals surface area contributed by atoms with Crippen molar-refractivity contribution in [3.8, 4) is 0 Å². The second-order valence-electron chi connectivity index (χ2n) is 6.59. The third kappa shape index (κ3) is 4.00. The van der Waals surface area contributed by atoms with Crippen molar-refractivity contribution in [1.82, 2.24) is 10.2 Å². The molecule has 1 aromatic rings. The molecule has 0 saturated heterocycles. The Labute approximate surface area is 180 Å². The fourth-order valence-electron chi connectivity index (χ4n) is 3.22. The van der Waals surface area contributed by atoms with Gasteiger partial charge in [0, 0.05) is 17.3 Å². The van der Waals surface area contributed by atoms with E-state index in [-0.39, 0.29) is 27.9 Å². The van der Waals surface area contributed by atoms with E-state index in [9.17, 15) is 27.6 Å². The summed E-state index contributed by atoms with van der Waals surface area (Å²) in [5, 5.41) is 1.67. The number of hydrogen-bond donors (Lipinski definition) is 1. The molecule has 164 valence electrons. The number of ether oxygens (including phenoxy) is 1. The SMILES string of the molecule is CCCCN1C(=O)[C@@](NC(=O)c2ccc(Cl)cc2Cl)(C(F)(F)F)C(C(=O)OC)=C1C. The van der Waals surface area contributed by atoms with E-state index in [2.05, 4.69) is 4.74 Å². The van der Waals surface area contributed by atoms with Crippen LogP contribution in [-0.2, 0) is 14.3 Å². The summed E-state index contributed by atoms with van der Waals surface area (Å²) < 4.78 is 47.6. The Bertz CT molecular complexity index is 918. The number of esters is 1. The van der Waals surface area contributed by atoms with Gasteiger partial charge in [0.25, 0.3) is 17.4 Å². The average Bonchev–Trinajstić information content (AvgIpc) is 2.86. The van der Waals surface area contributed by atoms with Gasteiger partial charge in [0.1, 0.15) is 5.57 Å². The third-order valence-corrected chi connectivity index (χ3v) is 5.28. The zero-order valence-electron chi connectivity index (χ0n) is 16.3. The van der Waals surface area contributed by atoms with Gasteiger partial charge in [-0.25, -0.2) is 4.79 Å². The molecule has 1 aliphatic rings. The molecule has 1 aliphatic heterocycles. The van der Waals surface area contributed by atoms with Gasteiger partial charge in [-0.2, -0.15) is 13.2 Å². The molecular formula is C19H19Cl2F3N2O4. The summed E-state index contributed by atoms with van der Waals surface area (Å²) in [5.41, 5.74) is -5.18. The number of rotatable bonds is 6. The summed E-state index contributed by atoms with van der Waals surface area (Å²) in [7, 11) is 0.890. The number of hydrogen-bond acceptors (Lipinski definition) is 4. The summed E-state index contributed by atoms with van der Waals surface area (Å²) in [5.74, 6) is -4.16. The second-order valence-corrected chi connectivity index (χ2v) is 7.43. The topological polar surface area (TPSA) is 75.7 Å². The number of methoxy groups -OCH3 is 1. The summed E-state index contributed by atoms with van der Waals surface area (Å²) in [6.45, 7) is 2.94. The minimum Gasteiger partial charge on any atom is -0.466 e. The Balaban J connectivity index is 2.66. The number of allylic oxidation sites excluding steroid dienone is 1. The smallest absolute Gasteiger partial charge is 0.425 e. The minimum absolute atomic E-state index is 0.0585. The van der Waals surface area contributed by atoms with Gasteiger partial charge in [0.2, 0.25) is 0 Å². The van der Waals surface area contributed by atoms with Crippen LogP contribution in [0.2, 0.25) is 10.0 Å². The van der Waals surface area contributed by atoms with Crippen molar-refractivity contribution in [1.29, 1.82) is 0 Å². The molecule has 1 aromatic carbocycles. The Morgan fingerprint density at radius 1 is 1.27 bits per heavy atom. The van der Waals surface area contributed by atoms with E-state index in [0.29, 0.717) is 12.8 Å². The predicted octanol–water partition coefficient (Wildman–Crippen LogP) is 4.11. The van der Waals surface area contributed by atoms with Crippen molar-refractivity contribution in [3.63, 3.8) is 0 Å². The zero-order valence-corrected chi connectivity index (χ0v) is 17.8. The molecule has 0 aromatic heterocycles. The highest BCUT2D eigenvalue weighted by Crippen LogP contribution is 2.45. The first kappa shape index (κ1) is 24.0. The van der Waals surface area contributed by atoms with Crippen LogP contribution in [-0.4, -0.2) is 48.1 Å². The number of benzene rings is 1. The number of nitrogens with zero attached hydrogens (tertiary/aromatic N) is 1. The van der Waals surface area contributed by atoms with Gasteiger partial charge in [-0.15, -0.1) is 0 Å². The largest absolute Gasteiger partial charge is 0.466 e. The van der Waals surface area contributed by atoms with E-state index in [1.54, 1.807) is 12.2 Å². The Morgan fingerprint density at radius 3 is 2.40 bits per heavy atom. The molecular weight excluding hydrogens is 448 g/mol. The van der Waals surface area contributed by atoms with Crippen molar-refractivity contribution >= 4 is 41.0 Å². The van der Waals surface area contributed by atoms with Crippen LogP contribution in [0.3, 0.4) is 0 Å². The van der Waals surface area contributed by atoms with Crippen molar-refractivity contribution in [2.24, 2.45) is 0 Å². The number of halogens is 5. The molecule has 0 aliphatic carbocycles. The van der Waals surface area contributed by atoms with Crippen LogP contribution < -0.4 is 5.32 Å². The maximum Gasteiger partial charge on any atom is 0.425 e. The summed E-state index contributed by atoms with van der Waals surface area (Å²) in [6.07, 6.45) is -4.36. The van der Waals surface area contributed by atoms with Gasteiger partial charge in [0.15, 0.2) is 0 Å². The molecule has 0 fully saturated rings. The van der Waals surface area contributed by atoms with Gasteiger partial charge < -0.3 is 15.0 Å². The summed E-state index contributed by atoms with van der Waals surface area (Å²) in [4.78, 5) is 38.9. The molecule has 2 rings (SSSR count). The van der Waals surface area contributed by atoms with E-state index >= 15 is 0 Å². The van der Waals surface area contributed by atoms with Crippen molar-refractivity contribution in [3.05, 3.63) is 45.1 Å². The van der Waals surface area contributed by atoms with Gasteiger partial charge in [-0.3, -0.25) is 9.59 Å². The lowest BCUT2D eigenvalue weighted by atomic mass is 9.88. The lowest BCUT2D eigenvalue weighted by molar-refractivity contribution is -0.192. The molecule has 1 N–H and O–H groups in total. The molecule has 2 amide bonds. The van der Waals surface area contributed by atoms with Crippen molar-refractivity contribution < 1.29 is 32.3 Å². The maximum atomic E-state index is 14.4. The average molecular weight is 467 g/mol. The van der Waals surface area contributed by atoms with Gasteiger partial charge in [0.05, 0.1) is 17.7 Å². The number of nitrogens with one attached hydrogen (secondary N) is 1. The molecule has 0 radical (unpaired) electrons. The first-order valence-corrected chi connectivity index (χ1v) is 9.63. The number of carbonyl (C=O) groups excluding carboxylic acids is 3. The number of unbranched alkanes of at least 4 members (excludes halogenated alkanes) is 1.